The molecule has 0 aromatic carbocycles. The summed E-state index contributed by atoms with van der Waals surface area (Å²) in [5.41, 5.74) is 0.645. The summed E-state index contributed by atoms with van der Waals surface area (Å²) in [7, 11) is 0. The van der Waals surface area contributed by atoms with Crippen LogP contribution in [0.3, 0.4) is 0 Å². The quantitative estimate of drug-likeness (QED) is 0.625. The van der Waals surface area contributed by atoms with E-state index in [0.29, 0.717) is 5.41 Å². The Kier molecular flexibility index (Phi) is 3.57. The van der Waals surface area contributed by atoms with Crippen LogP contribution in [-0.4, -0.2) is 24.5 Å². The molecule has 1 atom stereocenters. The van der Waals surface area contributed by atoms with Crippen LogP contribution >= 0.6 is 0 Å². The van der Waals surface area contributed by atoms with Crippen molar-refractivity contribution in [3.63, 3.8) is 0 Å². The smallest absolute Gasteiger partial charge is 0.00357 e. The number of hydrogen-bond acceptors (Lipinski definition) is 1. The molecule has 0 spiro atoms. The monoisotopic (exact) mass is 169 g/mol. The van der Waals surface area contributed by atoms with Crippen molar-refractivity contribution in [3.05, 3.63) is 0 Å². The molecule has 0 radical (unpaired) electrons. The molecule has 0 bridgehead atoms. The number of hydrogen-bond donors (Lipinski definition) is 0. The van der Waals surface area contributed by atoms with Gasteiger partial charge in [-0.15, -0.1) is 0 Å². The zero-order valence-electron chi connectivity index (χ0n) is 8.90. The van der Waals surface area contributed by atoms with Gasteiger partial charge in [0.25, 0.3) is 0 Å². The first-order valence-electron chi connectivity index (χ1n) is 5.42. The predicted octanol–water partition coefficient (Wildman–Crippen LogP) is 2.91. The largest absolute Gasteiger partial charge is 0.303 e. The van der Waals surface area contributed by atoms with Crippen molar-refractivity contribution in [1.29, 1.82) is 0 Å². The maximum Gasteiger partial charge on any atom is 0.00357 e. The van der Waals surface area contributed by atoms with E-state index < -0.39 is 0 Å². The van der Waals surface area contributed by atoms with Crippen molar-refractivity contribution in [1.82, 2.24) is 4.90 Å². The summed E-state index contributed by atoms with van der Waals surface area (Å²) in [4.78, 5) is 2.58. The molecule has 72 valence electrons. The van der Waals surface area contributed by atoms with E-state index in [1.54, 1.807) is 0 Å². The van der Waals surface area contributed by atoms with Gasteiger partial charge in [-0.2, -0.15) is 0 Å². The molecule has 1 heterocycles. The van der Waals surface area contributed by atoms with Crippen LogP contribution in [0, 0.1) is 5.41 Å². The first kappa shape index (κ1) is 10.0. The van der Waals surface area contributed by atoms with Crippen LogP contribution in [0.2, 0.25) is 0 Å². The maximum atomic E-state index is 2.58. The molecule has 0 amide bonds. The Bertz CT molecular complexity index is 133. The van der Waals surface area contributed by atoms with Gasteiger partial charge in [0.1, 0.15) is 0 Å². The minimum atomic E-state index is 0.645. The second-order valence-electron chi connectivity index (χ2n) is 4.53. The van der Waals surface area contributed by atoms with Gasteiger partial charge >= 0.3 is 0 Å². The summed E-state index contributed by atoms with van der Waals surface area (Å²) in [6.07, 6.45) is 5.61. The fraction of sp³-hybridized carbons (Fsp3) is 1.00. The van der Waals surface area contributed by atoms with Gasteiger partial charge in [0.2, 0.25) is 0 Å². The van der Waals surface area contributed by atoms with Gasteiger partial charge in [-0.05, 0) is 31.3 Å². The fourth-order valence-corrected chi connectivity index (χ4v) is 2.20. The molecule has 1 saturated heterocycles. The Morgan fingerprint density at radius 1 is 1.33 bits per heavy atom. The summed E-state index contributed by atoms with van der Waals surface area (Å²) in [6, 6.07) is 0. The van der Waals surface area contributed by atoms with Crippen molar-refractivity contribution in [2.24, 2.45) is 5.41 Å². The lowest BCUT2D eigenvalue weighted by Crippen LogP contribution is -2.24. The minimum Gasteiger partial charge on any atom is -0.303 e. The lowest BCUT2D eigenvalue weighted by atomic mass is 9.84. The SMILES string of the molecule is CCCCC1(C)CCN(CC)C1. The molecule has 1 nitrogen and oxygen atoms in total. The second-order valence-corrected chi connectivity index (χ2v) is 4.53. The highest BCUT2D eigenvalue weighted by molar-refractivity contribution is 4.85. The molecular formula is C11H23N. The highest BCUT2D eigenvalue weighted by Gasteiger charge is 2.31. The van der Waals surface area contributed by atoms with Gasteiger partial charge in [0.15, 0.2) is 0 Å². The first-order chi connectivity index (χ1) is 5.70. The van der Waals surface area contributed by atoms with Crippen LogP contribution in [0.4, 0.5) is 0 Å². The maximum absolute atomic E-state index is 2.58. The van der Waals surface area contributed by atoms with Crippen molar-refractivity contribution in [3.8, 4) is 0 Å². The molecule has 1 aliphatic rings. The molecule has 0 aromatic rings. The van der Waals surface area contributed by atoms with E-state index in [9.17, 15) is 0 Å². The molecule has 0 N–H and O–H groups in total. The molecule has 1 unspecified atom stereocenters. The molecule has 1 aliphatic heterocycles. The highest BCUT2D eigenvalue weighted by atomic mass is 15.1. The van der Waals surface area contributed by atoms with Crippen molar-refractivity contribution in [2.75, 3.05) is 19.6 Å². The average molecular weight is 169 g/mol. The normalized spacial score (nSPS) is 31.2. The Hall–Kier alpha value is -0.0400. The third-order valence-corrected chi connectivity index (χ3v) is 3.22. The zero-order valence-corrected chi connectivity index (χ0v) is 8.90. The summed E-state index contributed by atoms with van der Waals surface area (Å²) in [5.74, 6) is 0. The highest BCUT2D eigenvalue weighted by Crippen LogP contribution is 2.34. The van der Waals surface area contributed by atoms with Crippen LogP contribution in [0.25, 0.3) is 0 Å². The van der Waals surface area contributed by atoms with Gasteiger partial charge in [-0.1, -0.05) is 33.6 Å². The van der Waals surface area contributed by atoms with E-state index in [2.05, 4.69) is 25.7 Å². The Balaban J connectivity index is 2.31. The van der Waals surface area contributed by atoms with E-state index in [4.69, 9.17) is 0 Å². The molecule has 12 heavy (non-hydrogen) atoms. The van der Waals surface area contributed by atoms with Crippen molar-refractivity contribution >= 4 is 0 Å². The number of rotatable bonds is 4. The van der Waals surface area contributed by atoms with Crippen molar-refractivity contribution in [2.45, 2.75) is 46.5 Å². The van der Waals surface area contributed by atoms with Crippen LogP contribution < -0.4 is 0 Å². The topological polar surface area (TPSA) is 3.24 Å². The van der Waals surface area contributed by atoms with Crippen LogP contribution in [-0.2, 0) is 0 Å². The van der Waals surface area contributed by atoms with Crippen LogP contribution in [0.15, 0.2) is 0 Å². The van der Waals surface area contributed by atoms with Crippen molar-refractivity contribution < 1.29 is 0 Å². The van der Waals surface area contributed by atoms with E-state index >= 15 is 0 Å². The van der Waals surface area contributed by atoms with E-state index in [-0.39, 0.29) is 0 Å². The summed E-state index contributed by atoms with van der Waals surface area (Å²) < 4.78 is 0. The lowest BCUT2D eigenvalue weighted by Gasteiger charge is -2.23. The zero-order chi connectivity index (χ0) is 9.03. The number of unbranched alkanes of at least 4 members (excludes halogenated alkanes) is 1. The molecule has 0 saturated carbocycles. The molecule has 1 heteroatoms. The summed E-state index contributed by atoms with van der Waals surface area (Å²) >= 11 is 0. The van der Waals surface area contributed by atoms with E-state index in [0.717, 1.165) is 0 Å². The van der Waals surface area contributed by atoms with E-state index in [1.165, 1.54) is 45.3 Å². The second kappa shape index (κ2) is 4.27. The van der Waals surface area contributed by atoms with Gasteiger partial charge < -0.3 is 4.90 Å². The summed E-state index contributed by atoms with van der Waals surface area (Å²) in [6.45, 7) is 10.9. The number of nitrogens with zero attached hydrogens (tertiary/aromatic N) is 1. The fourth-order valence-electron chi connectivity index (χ4n) is 2.20. The third-order valence-electron chi connectivity index (χ3n) is 3.22. The number of likely N-dealkylation sites (tertiary alicyclic amines) is 1. The van der Waals surface area contributed by atoms with Crippen LogP contribution in [0.5, 0.6) is 0 Å². The third kappa shape index (κ3) is 2.48. The van der Waals surface area contributed by atoms with Gasteiger partial charge in [-0.25, -0.2) is 0 Å². The average Bonchev–Trinajstić information content (AvgIpc) is 2.45. The minimum absolute atomic E-state index is 0.645. The predicted molar refractivity (Wildman–Crippen MR) is 54.4 cm³/mol. The Morgan fingerprint density at radius 3 is 2.58 bits per heavy atom. The van der Waals surface area contributed by atoms with Gasteiger partial charge in [0.05, 0.1) is 0 Å². The molecule has 1 fully saturated rings. The Labute approximate surface area is 77.1 Å². The molecule has 0 aliphatic carbocycles. The molecule has 0 aromatic heterocycles. The van der Waals surface area contributed by atoms with E-state index in [1.807, 2.05) is 0 Å². The summed E-state index contributed by atoms with van der Waals surface area (Å²) in [5, 5.41) is 0. The first-order valence-corrected chi connectivity index (χ1v) is 5.42. The van der Waals surface area contributed by atoms with Gasteiger partial charge in [0, 0.05) is 6.54 Å². The standard InChI is InChI=1S/C11H23N/c1-4-6-7-11(3)8-9-12(5-2)10-11/h4-10H2,1-3H3. The van der Waals surface area contributed by atoms with Crippen LogP contribution in [0.1, 0.15) is 46.5 Å². The Morgan fingerprint density at radius 2 is 2.08 bits per heavy atom. The molecular weight excluding hydrogens is 146 g/mol. The van der Waals surface area contributed by atoms with Gasteiger partial charge in [-0.3, -0.25) is 0 Å². The lowest BCUT2D eigenvalue weighted by molar-refractivity contribution is 0.264. The molecule has 1 rings (SSSR count).